The lowest BCUT2D eigenvalue weighted by Crippen LogP contribution is -2.00. The standard InChI is InChI=1S/C36H24N2/c1-2-12-25(13-3-1)26-14-10-15-27(24-26)37-32-20-7-6-18-30(32)31-19-11-23-35(36(31)37)38-33-21-8-4-16-28(33)29-17-5-9-22-34(29)38/h1-24H/i1D,4D,5D,8D,9D,16D,17D,21D,22D. The molecule has 8 aromatic rings. The van der Waals surface area contributed by atoms with Crippen LogP contribution in [0.15, 0.2) is 145 Å². The highest BCUT2D eigenvalue weighted by Crippen LogP contribution is 2.39. The van der Waals surface area contributed by atoms with E-state index in [4.69, 9.17) is 12.3 Å². The smallest absolute Gasteiger partial charge is 0.0782 e. The Kier molecular flexibility index (Phi) is 3.03. The average molecular weight is 494 g/mol. The Morgan fingerprint density at radius 3 is 1.89 bits per heavy atom. The Hall–Kier alpha value is -5.08. The molecular formula is C36H24N2. The van der Waals surface area contributed by atoms with E-state index in [1.807, 2.05) is 78.9 Å². The molecule has 0 unspecified atom stereocenters. The largest absolute Gasteiger partial charge is 0.307 e. The Balaban J connectivity index is 1.58. The maximum Gasteiger partial charge on any atom is 0.0782 e. The van der Waals surface area contributed by atoms with Crippen molar-refractivity contribution in [3.63, 3.8) is 0 Å². The van der Waals surface area contributed by atoms with Crippen molar-refractivity contribution in [2.45, 2.75) is 0 Å². The molecule has 0 aliphatic heterocycles. The van der Waals surface area contributed by atoms with Gasteiger partial charge in [-0.3, -0.25) is 0 Å². The average Bonchev–Trinajstić information content (AvgIpc) is 3.63. The normalized spacial score (nSPS) is 15.0. The van der Waals surface area contributed by atoms with Crippen molar-refractivity contribution in [1.29, 1.82) is 0 Å². The van der Waals surface area contributed by atoms with Crippen LogP contribution in [-0.4, -0.2) is 9.13 Å². The summed E-state index contributed by atoms with van der Waals surface area (Å²) in [5, 5.41) is 1.88. The van der Waals surface area contributed by atoms with E-state index in [1.165, 1.54) is 0 Å². The molecule has 0 saturated carbocycles. The van der Waals surface area contributed by atoms with Gasteiger partial charge in [-0.2, -0.15) is 0 Å². The summed E-state index contributed by atoms with van der Waals surface area (Å²) >= 11 is 0. The lowest BCUT2D eigenvalue weighted by molar-refractivity contribution is 1.13. The summed E-state index contributed by atoms with van der Waals surface area (Å²) in [5.74, 6) is 0. The minimum atomic E-state index is -0.475. The van der Waals surface area contributed by atoms with E-state index in [9.17, 15) is 0 Å². The molecule has 2 heterocycles. The number of benzene rings is 6. The molecule has 0 fully saturated rings. The van der Waals surface area contributed by atoms with Crippen molar-refractivity contribution in [2.24, 2.45) is 0 Å². The van der Waals surface area contributed by atoms with E-state index in [2.05, 4.69) is 4.57 Å². The van der Waals surface area contributed by atoms with Crippen LogP contribution in [0, 0.1) is 0 Å². The van der Waals surface area contributed by atoms with Gasteiger partial charge in [0, 0.05) is 27.2 Å². The Labute approximate surface area is 233 Å². The maximum atomic E-state index is 9.02. The number of para-hydroxylation sites is 4. The second-order valence-corrected chi connectivity index (χ2v) is 9.15. The zero-order valence-electron chi connectivity index (χ0n) is 29.1. The minimum absolute atomic E-state index is 0.0394. The van der Waals surface area contributed by atoms with E-state index >= 15 is 0 Å². The molecule has 0 aliphatic carbocycles. The quantitative estimate of drug-likeness (QED) is 0.232. The molecule has 0 amide bonds. The number of hydrogen-bond donors (Lipinski definition) is 0. The summed E-state index contributed by atoms with van der Waals surface area (Å²) in [6.07, 6.45) is 0. The van der Waals surface area contributed by atoms with E-state index in [0.29, 0.717) is 17.2 Å². The fraction of sp³-hybridized carbons (Fsp3) is 0. The van der Waals surface area contributed by atoms with E-state index in [1.54, 1.807) is 16.7 Å². The van der Waals surface area contributed by atoms with Crippen molar-refractivity contribution in [2.75, 3.05) is 0 Å². The number of nitrogens with zero attached hydrogens (tertiary/aromatic N) is 2. The van der Waals surface area contributed by atoms with Gasteiger partial charge in [0.1, 0.15) is 0 Å². The third kappa shape index (κ3) is 3.01. The molecular weight excluding hydrogens is 460 g/mol. The van der Waals surface area contributed by atoms with Crippen LogP contribution < -0.4 is 0 Å². The summed E-state index contributed by atoms with van der Waals surface area (Å²) < 4.78 is 81.2. The van der Waals surface area contributed by atoms with Crippen LogP contribution in [0.1, 0.15) is 12.3 Å². The van der Waals surface area contributed by atoms with Gasteiger partial charge in [0.05, 0.1) is 40.1 Å². The highest BCUT2D eigenvalue weighted by atomic mass is 15.1. The highest BCUT2D eigenvalue weighted by molar-refractivity contribution is 6.15. The summed E-state index contributed by atoms with van der Waals surface area (Å²) in [4.78, 5) is 0. The molecule has 8 rings (SSSR count). The number of aromatic nitrogens is 2. The molecule has 0 N–H and O–H groups in total. The Morgan fingerprint density at radius 1 is 0.447 bits per heavy atom. The highest BCUT2D eigenvalue weighted by Gasteiger charge is 2.19. The lowest BCUT2D eigenvalue weighted by Gasteiger charge is -2.15. The molecule has 2 aromatic heterocycles. The Morgan fingerprint density at radius 2 is 1.11 bits per heavy atom. The molecule has 6 aromatic carbocycles. The minimum Gasteiger partial charge on any atom is -0.307 e. The van der Waals surface area contributed by atoms with Crippen LogP contribution in [0.5, 0.6) is 0 Å². The first-order chi connectivity index (χ1) is 22.6. The second-order valence-electron chi connectivity index (χ2n) is 9.15. The third-order valence-electron chi connectivity index (χ3n) is 7.10. The predicted molar refractivity (Wildman–Crippen MR) is 161 cm³/mol. The molecule has 2 heteroatoms. The van der Waals surface area contributed by atoms with Crippen molar-refractivity contribution >= 4 is 43.6 Å². The lowest BCUT2D eigenvalue weighted by atomic mass is 10.1. The van der Waals surface area contributed by atoms with Gasteiger partial charge in [-0.15, -0.1) is 0 Å². The summed E-state index contributed by atoms with van der Waals surface area (Å²) in [5.41, 5.74) is 4.94. The number of hydrogen-bond acceptors (Lipinski definition) is 0. The molecule has 38 heavy (non-hydrogen) atoms. The zero-order valence-corrected chi connectivity index (χ0v) is 20.1. The third-order valence-corrected chi connectivity index (χ3v) is 7.10. The van der Waals surface area contributed by atoms with Gasteiger partial charge < -0.3 is 9.13 Å². The second kappa shape index (κ2) is 8.22. The van der Waals surface area contributed by atoms with Crippen LogP contribution >= 0.6 is 0 Å². The first-order valence-electron chi connectivity index (χ1n) is 16.8. The Bertz CT molecular complexity index is 2540. The first-order valence-corrected chi connectivity index (χ1v) is 12.3. The van der Waals surface area contributed by atoms with Crippen LogP contribution in [0.4, 0.5) is 0 Å². The number of fused-ring (bicyclic) bond motifs is 6. The van der Waals surface area contributed by atoms with Gasteiger partial charge in [0.15, 0.2) is 0 Å². The topological polar surface area (TPSA) is 9.86 Å². The summed E-state index contributed by atoms with van der Waals surface area (Å²) in [6.45, 7) is 0. The molecule has 178 valence electrons. The van der Waals surface area contributed by atoms with Crippen LogP contribution in [0.25, 0.3) is 66.1 Å². The first kappa shape index (κ1) is 14.0. The van der Waals surface area contributed by atoms with Crippen molar-refractivity contribution in [3.8, 4) is 22.5 Å². The van der Waals surface area contributed by atoms with Gasteiger partial charge >= 0.3 is 0 Å². The fourth-order valence-electron chi connectivity index (χ4n) is 5.51. The van der Waals surface area contributed by atoms with Gasteiger partial charge in [0.2, 0.25) is 0 Å². The molecule has 0 spiro atoms. The van der Waals surface area contributed by atoms with Crippen LogP contribution in [0.2, 0.25) is 0 Å². The zero-order chi connectivity index (χ0) is 32.9. The summed E-state index contributed by atoms with van der Waals surface area (Å²) in [6, 6.07) is 26.0. The SMILES string of the molecule is [2H]c1ccc(-c2cccc(-n3c4ccccc4c4cccc(-n5c6c([2H])c([2H])c([2H])c([2H])c6c6c([2H])c([2H])c([2H])c([2H])c65)c43)c2)cc1. The summed E-state index contributed by atoms with van der Waals surface area (Å²) in [7, 11) is 0. The predicted octanol–water partition coefficient (Wildman–Crippen LogP) is 9.55. The van der Waals surface area contributed by atoms with E-state index in [-0.39, 0.29) is 46.0 Å². The monoisotopic (exact) mass is 493 g/mol. The molecule has 0 atom stereocenters. The molecule has 0 radical (unpaired) electrons. The van der Waals surface area contributed by atoms with E-state index in [0.717, 1.165) is 33.1 Å². The van der Waals surface area contributed by atoms with Gasteiger partial charge in [0.25, 0.3) is 0 Å². The van der Waals surface area contributed by atoms with Crippen molar-refractivity contribution in [3.05, 3.63) is 145 Å². The molecule has 0 saturated heterocycles. The van der Waals surface area contributed by atoms with Gasteiger partial charge in [-0.1, -0.05) is 109 Å². The molecule has 0 aliphatic rings. The van der Waals surface area contributed by atoms with E-state index < -0.39 is 24.2 Å². The van der Waals surface area contributed by atoms with Crippen LogP contribution in [0.3, 0.4) is 0 Å². The van der Waals surface area contributed by atoms with Gasteiger partial charge in [-0.25, -0.2) is 0 Å². The van der Waals surface area contributed by atoms with Crippen molar-refractivity contribution in [1.82, 2.24) is 9.13 Å². The maximum absolute atomic E-state index is 9.02. The fourth-order valence-corrected chi connectivity index (χ4v) is 5.51. The van der Waals surface area contributed by atoms with Crippen molar-refractivity contribution < 1.29 is 12.3 Å². The molecule has 0 bridgehead atoms. The van der Waals surface area contributed by atoms with Crippen LogP contribution in [-0.2, 0) is 0 Å². The number of rotatable bonds is 3. The molecule has 2 nitrogen and oxygen atoms in total. The van der Waals surface area contributed by atoms with Gasteiger partial charge in [-0.05, 0) is 47.5 Å².